The van der Waals surface area contributed by atoms with Gasteiger partial charge in [-0.2, -0.15) is 5.26 Å². The van der Waals surface area contributed by atoms with Gasteiger partial charge in [0.05, 0.1) is 18.6 Å². The van der Waals surface area contributed by atoms with E-state index in [-0.39, 0.29) is 6.10 Å². The molecule has 2 nitrogen and oxygen atoms in total. The van der Waals surface area contributed by atoms with Gasteiger partial charge in [0.2, 0.25) is 0 Å². The number of hydrogen-bond acceptors (Lipinski definition) is 2. The van der Waals surface area contributed by atoms with Crippen molar-refractivity contribution in [3.8, 4) is 6.07 Å². The van der Waals surface area contributed by atoms with Crippen LogP contribution in [0.2, 0.25) is 19.6 Å². The minimum absolute atomic E-state index is 0.179. The molecule has 0 aromatic rings. The molecule has 0 saturated heterocycles. The molecule has 0 rings (SSSR count). The molecule has 100 valence electrons. The van der Waals surface area contributed by atoms with Gasteiger partial charge < -0.3 is 4.43 Å². The Morgan fingerprint density at radius 2 is 1.65 bits per heavy atom. The summed E-state index contributed by atoms with van der Waals surface area (Å²) in [5, 5.41) is 8.79. The molecule has 0 aromatic heterocycles. The van der Waals surface area contributed by atoms with Gasteiger partial charge in [-0.1, -0.05) is 45.4 Å². The highest BCUT2D eigenvalue weighted by molar-refractivity contribution is 6.69. The van der Waals surface area contributed by atoms with E-state index in [0.29, 0.717) is 6.42 Å². The molecule has 0 fully saturated rings. The second kappa shape index (κ2) is 9.67. The zero-order valence-electron chi connectivity index (χ0n) is 12.1. The minimum atomic E-state index is -1.49. The van der Waals surface area contributed by atoms with Crippen LogP contribution in [0.1, 0.15) is 58.3 Å². The highest BCUT2D eigenvalue weighted by Crippen LogP contribution is 2.16. The minimum Gasteiger partial charge on any atom is -0.414 e. The summed E-state index contributed by atoms with van der Waals surface area (Å²) in [6.45, 7) is 8.82. The average molecular weight is 255 g/mol. The third kappa shape index (κ3) is 11.9. The van der Waals surface area contributed by atoms with Gasteiger partial charge in [0, 0.05) is 0 Å². The normalized spacial score (nSPS) is 13.4. The van der Waals surface area contributed by atoms with E-state index in [1.54, 1.807) is 0 Å². The molecule has 0 aliphatic rings. The summed E-state index contributed by atoms with van der Waals surface area (Å²) < 4.78 is 6.02. The summed E-state index contributed by atoms with van der Waals surface area (Å²) in [5.41, 5.74) is 0. The standard InChI is InChI=1S/C14H29NOSi/c1-5-6-7-8-9-10-11-14(12-13-15)16-17(2,3)4/h14H,5-12H2,1-4H3. The Labute approximate surface area is 108 Å². The van der Waals surface area contributed by atoms with E-state index < -0.39 is 8.32 Å². The van der Waals surface area contributed by atoms with Crippen LogP contribution < -0.4 is 0 Å². The Hall–Kier alpha value is -0.333. The van der Waals surface area contributed by atoms with Crippen molar-refractivity contribution < 1.29 is 4.43 Å². The van der Waals surface area contributed by atoms with Gasteiger partial charge in [0.25, 0.3) is 0 Å². The van der Waals surface area contributed by atoms with Crippen molar-refractivity contribution in [1.82, 2.24) is 0 Å². The molecule has 3 heteroatoms. The third-order valence-electron chi connectivity index (χ3n) is 2.72. The zero-order valence-corrected chi connectivity index (χ0v) is 13.1. The second-order valence-corrected chi connectivity index (χ2v) is 10.2. The molecular weight excluding hydrogens is 226 g/mol. The van der Waals surface area contributed by atoms with Crippen LogP contribution in [-0.2, 0) is 4.43 Å². The maximum Gasteiger partial charge on any atom is 0.184 e. The van der Waals surface area contributed by atoms with Crippen molar-refractivity contribution in [3.63, 3.8) is 0 Å². The lowest BCUT2D eigenvalue weighted by Gasteiger charge is -2.24. The number of hydrogen-bond donors (Lipinski definition) is 0. The Balaban J connectivity index is 3.67. The van der Waals surface area contributed by atoms with Crippen LogP contribution in [0.15, 0.2) is 0 Å². The third-order valence-corrected chi connectivity index (χ3v) is 3.76. The number of nitriles is 1. The quantitative estimate of drug-likeness (QED) is 0.412. The van der Waals surface area contributed by atoms with Crippen molar-refractivity contribution in [2.75, 3.05) is 0 Å². The maximum atomic E-state index is 8.79. The van der Waals surface area contributed by atoms with Crippen LogP contribution in [0.3, 0.4) is 0 Å². The molecule has 0 heterocycles. The van der Waals surface area contributed by atoms with Crippen LogP contribution in [0.4, 0.5) is 0 Å². The van der Waals surface area contributed by atoms with Gasteiger partial charge in [0.1, 0.15) is 0 Å². The molecule has 0 radical (unpaired) electrons. The zero-order chi connectivity index (χ0) is 13.1. The monoisotopic (exact) mass is 255 g/mol. The lowest BCUT2D eigenvalue weighted by molar-refractivity contribution is 0.184. The predicted octanol–water partition coefficient (Wildman–Crippen LogP) is 4.87. The maximum absolute atomic E-state index is 8.79. The van der Waals surface area contributed by atoms with Crippen molar-refractivity contribution in [3.05, 3.63) is 0 Å². The summed E-state index contributed by atoms with van der Waals surface area (Å²) >= 11 is 0. The molecule has 1 unspecified atom stereocenters. The first-order valence-corrected chi connectivity index (χ1v) is 10.4. The smallest absolute Gasteiger partial charge is 0.184 e. The summed E-state index contributed by atoms with van der Waals surface area (Å²) in [5.74, 6) is 0. The molecule has 0 saturated carbocycles. The fraction of sp³-hybridized carbons (Fsp3) is 0.929. The molecule has 0 bridgehead atoms. The van der Waals surface area contributed by atoms with Crippen LogP contribution in [-0.4, -0.2) is 14.4 Å². The Bertz CT molecular complexity index is 217. The molecule has 0 amide bonds. The van der Waals surface area contributed by atoms with Crippen LogP contribution in [0.5, 0.6) is 0 Å². The summed E-state index contributed by atoms with van der Waals surface area (Å²) in [4.78, 5) is 0. The van der Waals surface area contributed by atoms with Crippen molar-refractivity contribution in [2.24, 2.45) is 0 Å². The van der Waals surface area contributed by atoms with Gasteiger partial charge in [0.15, 0.2) is 8.32 Å². The van der Waals surface area contributed by atoms with Crippen LogP contribution in [0.25, 0.3) is 0 Å². The Morgan fingerprint density at radius 3 is 2.18 bits per heavy atom. The molecule has 1 atom stereocenters. The van der Waals surface area contributed by atoms with Gasteiger partial charge in [-0.3, -0.25) is 0 Å². The fourth-order valence-corrected chi connectivity index (χ4v) is 3.16. The Morgan fingerprint density at radius 1 is 1.06 bits per heavy atom. The number of rotatable bonds is 10. The highest BCUT2D eigenvalue weighted by Gasteiger charge is 2.20. The number of nitrogens with zero attached hydrogens (tertiary/aromatic N) is 1. The first-order chi connectivity index (χ1) is 7.99. The topological polar surface area (TPSA) is 33.0 Å². The predicted molar refractivity (Wildman–Crippen MR) is 76.4 cm³/mol. The Kier molecular flexibility index (Phi) is 9.48. The van der Waals surface area contributed by atoms with E-state index in [9.17, 15) is 0 Å². The van der Waals surface area contributed by atoms with Gasteiger partial charge >= 0.3 is 0 Å². The van der Waals surface area contributed by atoms with Crippen LogP contribution in [0, 0.1) is 11.3 Å². The number of unbranched alkanes of at least 4 members (excludes halogenated alkanes) is 5. The first kappa shape index (κ1) is 16.7. The molecule has 0 N–H and O–H groups in total. The molecular formula is C14H29NOSi. The average Bonchev–Trinajstić information content (AvgIpc) is 2.21. The van der Waals surface area contributed by atoms with E-state index in [0.717, 1.165) is 6.42 Å². The largest absolute Gasteiger partial charge is 0.414 e. The second-order valence-electron chi connectivity index (χ2n) is 5.77. The van der Waals surface area contributed by atoms with E-state index in [4.69, 9.17) is 9.69 Å². The lowest BCUT2D eigenvalue weighted by atomic mass is 10.1. The molecule has 0 aliphatic carbocycles. The molecule has 0 aliphatic heterocycles. The van der Waals surface area contributed by atoms with E-state index >= 15 is 0 Å². The van der Waals surface area contributed by atoms with E-state index in [1.807, 2.05) is 0 Å². The molecule has 0 aromatic carbocycles. The lowest BCUT2D eigenvalue weighted by Crippen LogP contribution is -2.31. The van der Waals surface area contributed by atoms with Crippen LogP contribution >= 0.6 is 0 Å². The van der Waals surface area contributed by atoms with E-state index in [2.05, 4.69) is 32.6 Å². The van der Waals surface area contributed by atoms with Gasteiger partial charge in [-0.15, -0.1) is 0 Å². The summed E-state index contributed by atoms with van der Waals surface area (Å²) in [6, 6.07) is 2.25. The van der Waals surface area contributed by atoms with Crippen molar-refractivity contribution in [1.29, 1.82) is 5.26 Å². The molecule has 17 heavy (non-hydrogen) atoms. The van der Waals surface area contributed by atoms with Crippen molar-refractivity contribution >= 4 is 8.32 Å². The van der Waals surface area contributed by atoms with Gasteiger partial charge in [-0.05, 0) is 26.1 Å². The fourth-order valence-electron chi connectivity index (χ4n) is 1.96. The SMILES string of the molecule is CCCCCCCCC(CC#N)O[Si](C)(C)C. The van der Waals surface area contributed by atoms with E-state index in [1.165, 1.54) is 38.5 Å². The highest BCUT2D eigenvalue weighted by atomic mass is 28.4. The van der Waals surface area contributed by atoms with Crippen molar-refractivity contribution in [2.45, 2.75) is 84.0 Å². The first-order valence-electron chi connectivity index (χ1n) is 7.04. The van der Waals surface area contributed by atoms with Gasteiger partial charge in [-0.25, -0.2) is 0 Å². The molecule has 0 spiro atoms. The summed E-state index contributed by atoms with van der Waals surface area (Å²) in [6.07, 6.45) is 9.63. The summed E-state index contributed by atoms with van der Waals surface area (Å²) in [7, 11) is -1.49.